The first-order valence-corrected chi connectivity index (χ1v) is 15.8. The minimum atomic E-state index is -3.19. The van der Waals surface area contributed by atoms with Crippen molar-refractivity contribution in [1.29, 1.82) is 5.26 Å². The Morgan fingerprint density at radius 1 is 1.07 bits per heavy atom. The van der Waals surface area contributed by atoms with Gasteiger partial charge in [0, 0.05) is 38.0 Å². The van der Waals surface area contributed by atoms with Crippen molar-refractivity contribution < 1.29 is 13.2 Å². The number of anilines is 1. The van der Waals surface area contributed by atoms with Crippen LogP contribution in [0, 0.1) is 25.2 Å². The lowest BCUT2D eigenvalue weighted by atomic mass is 10.0. The number of hydrogen-bond donors (Lipinski definition) is 1. The predicted molar refractivity (Wildman–Crippen MR) is 158 cm³/mol. The summed E-state index contributed by atoms with van der Waals surface area (Å²) in [6, 6.07) is 19.1. The smallest absolute Gasteiger partial charge is 0.226 e. The van der Waals surface area contributed by atoms with Gasteiger partial charge in [-0.1, -0.05) is 18.2 Å². The van der Waals surface area contributed by atoms with E-state index in [2.05, 4.69) is 16.3 Å². The standard InChI is InChI=1S/C30H31N5O3S2/c1-20-15-23(18-31)16-21(2)29(20)38-28-17-26(27-5-4-14-39-27)33-30(34-28)32-24-10-12-35(13-11-24)19-22-6-8-25(9-7-22)40(3,36)37/h4-9,14-17,24H,10-13,19H2,1-3H3,(H,32,33,34). The summed E-state index contributed by atoms with van der Waals surface area (Å²) in [4.78, 5) is 13.3. The van der Waals surface area contributed by atoms with Crippen LogP contribution >= 0.6 is 11.3 Å². The van der Waals surface area contributed by atoms with Crippen LogP contribution in [0.2, 0.25) is 0 Å². The molecule has 4 aromatic rings. The zero-order valence-corrected chi connectivity index (χ0v) is 24.3. The quantitative estimate of drug-likeness (QED) is 0.275. The molecular formula is C30H31N5O3S2. The van der Waals surface area contributed by atoms with Crippen LogP contribution in [0.4, 0.5) is 5.95 Å². The molecule has 10 heteroatoms. The van der Waals surface area contributed by atoms with Gasteiger partial charge in [-0.3, -0.25) is 4.90 Å². The molecule has 1 N–H and O–H groups in total. The van der Waals surface area contributed by atoms with E-state index in [-0.39, 0.29) is 6.04 Å². The highest BCUT2D eigenvalue weighted by Gasteiger charge is 2.21. The number of nitriles is 1. The number of rotatable bonds is 8. The van der Waals surface area contributed by atoms with Crippen LogP contribution in [0.3, 0.4) is 0 Å². The fourth-order valence-electron chi connectivity index (χ4n) is 4.89. The van der Waals surface area contributed by atoms with Crippen LogP contribution in [-0.2, 0) is 16.4 Å². The number of benzene rings is 2. The number of ether oxygens (including phenoxy) is 1. The molecule has 1 aliphatic heterocycles. The highest BCUT2D eigenvalue weighted by atomic mass is 32.2. The highest BCUT2D eigenvalue weighted by Crippen LogP contribution is 2.33. The van der Waals surface area contributed by atoms with Gasteiger partial charge in [0.25, 0.3) is 0 Å². The molecule has 2 aromatic heterocycles. The molecule has 40 heavy (non-hydrogen) atoms. The van der Waals surface area contributed by atoms with Crippen LogP contribution in [-0.4, -0.2) is 48.7 Å². The monoisotopic (exact) mass is 573 g/mol. The third-order valence-electron chi connectivity index (χ3n) is 6.95. The van der Waals surface area contributed by atoms with Gasteiger partial charge in [-0.25, -0.2) is 13.4 Å². The molecule has 206 valence electrons. The number of nitrogens with one attached hydrogen (secondary N) is 1. The molecule has 0 bridgehead atoms. The lowest BCUT2D eigenvalue weighted by Gasteiger charge is -2.32. The maximum absolute atomic E-state index is 11.7. The Morgan fingerprint density at radius 2 is 1.77 bits per heavy atom. The van der Waals surface area contributed by atoms with Gasteiger partial charge in [0.1, 0.15) is 5.75 Å². The topological polar surface area (TPSA) is 108 Å². The molecule has 8 nitrogen and oxygen atoms in total. The van der Waals surface area contributed by atoms with Gasteiger partial charge < -0.3 is 10.1 Å². The van der Waals surface area contributed by atoms with Crippen molar-refractivity contribution in [2.24, 2.45) is 0 Å². The molecule has 0 radical (unpaired) electrons. The number of aromatic nitrogens is 2. The molecule has 1 aliphatic rings. The zero-order valence-electron chi connectivity index (χ0n) is 22.7. The van der Waals surface area contributed by atoms with Crippen LogP contribution < -0.4 is 10.1 Å². The molecule has 0 amide bonds. The second-order valence-electron chi connectivity index (χ2n) is 10.2. The second kappa shape index (κ2) is 11.8. The summed E-state index contributed by atoms with van der Waals surface area (Å²) in [6.45, 7) is 6.45. The van der Waals surface area contributed by atoms with Crippen molar-refractivity contribution in [2.75, 3.05) is 24.7 Å². The van der Waals surface area contributed by atoms with Gasteiger partial charge in [0.05, 0.1) is 27.1 Å². The van der Waals surface area contributed by atoms with Crippen molar-refractivity contribution in [3.63, 3.8) is 0 Å². The van der Waals surface area contributed by atoms with Crippen LogP contribution in [0.25, 0.3) is 10.6 Å². The van der Waals surface area contributed by atoms with Crippen LogP contribution in [0.5, 0.6) is 11.6 Å². The van der Waals surface area contributed by atoms with Gasteiger partial charge >= 0.3 is 0 Å². The molecule has 0 spiro atoms. The molecule has 0 aliphatic carbocycles. The van der Waals surface area contributed by atoms with Crippen molar-refractivity contribution in [3.05, 3.63) is 82.2 Å². The number of sulfone groups is 1. The van der Waals surface area contributed by atoms with Crippen molar-refractivity contribution >= 4 is 27.1 Å². The van der Waals surface area contributed by atoms with Gasteiger partial charge in [0.2, 0.25) is 11.8 Å². The van der Waals surface area contributed by atoms with E-state index in [0.29, 0.717) is 28.0 Å². The lowest BCUT2D eigenvalue weighted by Crippen LogP contribution is -2.39. The van der Waals surface area contributed by atoms with Gasteiger partial charge in [-0.05, 0) is 79.1 Å². The van der Waals surface area contributed by atoms with E-state index >= 15 is 0 Å². The van der Waals surface area contributed by atoms with Crippen LogP contribution in [0.1, 0.15) is 35.1 Å². The van der Waals surface area contributed by atoms with Gasteiger partial charge in [-0.2, -0.15) is 10.2 Å². The largest absolute Gasteiger partial charge is 0.438 e. The average molecular weight is 574 g/mol. The Morgan fingerprint density at radius 3 is 2.38 bits per heavy atom. The van der Waals surface area contributed by atoms with E-state index in [0.717, 1.165) is 59.7 Å². The molecule has 3 heterocycles. The number of aryl methyl sites for hydroxylation is 2. The van der Waals surface area contributed by atoms with Crippen LogP contribution in [0.15, 0.2) is 64.9 Å². The van der Waals surface area contributed by atoms with Crippen molar-refractivity contribution in [1.82, 2.24) is 14.9 Å². The highest BCUT2D eigenvalue weighted by molar-refractivity contribution is 7.90. The molecule has 0 atom stereocenters. The summed E-state index contributed by atoms with van der Waals surface area (Å²) in [7, 11) is -3.19. The fourth-order valence-corrected chi connectivity index (χ4v) is 6.21. The van der Waals surface area contributed by atoms with Gasteiger partial charge in [-0.15, -0.1) is 11.3 Å². The minimum Gasteiger partial charge on any atom is -0.438 e. The predicted octanol–water partition coefficient (Wildman–Crippen LogP) is 5.97. The molecule has 0 unspecified atom stereocenters. The second-order valence-corrected chi connectivity index (χ2v) is 13.1. The van der Waals surface area contributed by atoms with E-state index in [1.807, 2.05) is 61.7 Å². The molecule has 0 saturated carbocycles. The zero-order chi connectivity index (χ0) is 28.3. The lowest BCUT2D eigenvalue weighted by molar-refractivity contribution is 0.211. The fraction of sp³-hybridized carbons (Fsp3) is 0.300. The summed E-state index contributed by atoms with van der Waals surface area (Å²) in [5.74, 6) is 1.67. The summed E-state index contributed by atoms with van der Waals surface area (Å²) in [6.07, 6.45) is 3.08. The number of likely N-dealkylation sites (tertiary alicyclic amines) is 1. The number of thiophene rings is 1. The summed E-state index contributed by atoms with van der Waals surface area (Å²) < 4.78 is 29.7. The maximum atomic E-state index is 11.7. The normalized spacial score (nSPS) is 14.6. The minimum absolute atomic E-state index is 0.216. The molecule has 5 rings (SSSR count). The third-order valence-corrected chi connectivity index (χ3v) is 8.97. The first-order chi connectivity index (χ1) is 19.2. The van der Waals surface area contributed by atoms with E-state index in [1.54, 1.807) is 23.5 Å². The Hall–Kier alpha value is -3.78. The molecule has 2 aromatic carbocycles. The molecule has 1 saturated heterocycles. The van der Waals surface area contributed by atoms with E-state index in [4.69, 9.17) is 14.7 Å². The number of nitrogens with zero attached hydrogens (tertiary/aromatic N) is 4. The first-order valence-electron chi connectivity index (χ1n) is 13.1. The Bertz CT molecular complexity index is 1610. The average Bonchev–Trinajstić information content (AvgIpc) is 3.47. The summed E-state index contributed by atoms with van der Waals surface area (Å²) in [5.41, 5.74) is 4.24. The van der Waals surface area contributed by atoms with Gasteiger partial charge in [0.15, 0.2) is 9.84 Å². The summed E-state index contributed by atoms with van der Waals surface area (Å²) in [5, 5.41) is 14.8. The first kappa shape index (κ1) is 27.8. The Kier molecular flexibility index (Phi) is 8.17. The molecular weight excluding hydrogens is 542 g/mol. The Balaban J connectivity index is 1.28. The van der Waals surface area contributed by atoms with E-state index in [9.17, 15) is 13.7 Å². The SMILES string of the molecule is Cc1cc(C#N)cc(C)c1Oc1cc(-c2cccs2)nc(NC2CCN(Cc3ccc(S(C)(=O)=O)cc3)CC2)n1. The van der Waals surface area contributed by atoms with Crippen molar-refractivity contribution in [3.8, 4) is 28.3 Å². The van der Waals surface area contributed by atoms with E-state index < -0.39 is 9.84 Å². The van der Waals surface area contributed by atoms with Crippen molar-refractivity contribution in [2.45, 2.75) is 44.2 Å². The Labute approximate surface area is 239 Å². The number of piperidine rings is 1. The third kappa shape index (κ3) is 6.67. The number of hydrogen-bond acceptors (Lipinski definition) is 9. The van der Waals surface area contributed by atoms with E-state index in [1.165, 1.54) is 6.26 Å². The maximum Gasteiger partial charge on any atom is 0.226 e. The molecule has 1 fully saturated rings. The summed E-state index contributed by atoms with van der Waals surface area (Å²) >= 11 is 1.61.